The fourth-order valence-electron chi connectivity index (χ4n) is 5.33. The van der Waals surface area contributed by atoms with Gasteiger partial charge in [-0.1, -0.05) is 12.8 Å². The maximum atomic E-state index is 13.5. The lowest BCUT2D eigenvalue weighted by Gasteiger charge is -2.43. The number of benzene rings is 1. The lowest BCUT2D eigenvalue weighted by Crippen LogP contribution is -2.57. The van der Waals surface area contributed by atoms with E-state index in [1.165, 1.54) is 6.07 Å². The minimum absolute atomic E-state index is 0.00937. The van der Waals surface area contributed by atoms with Crippen molar-refractivity contribution in [1.82, 2.24) is 14.7 Å². The molecule has 2 aliphatic heterocycles. The molecule has 2 saturated heterocycles. The molecule has 0 aromatic heterocycles. The first kappa shape index (κ1) is 29.8. The number of anilines is 1. The molecule has 0 aliphatic carbocycles. The highest BCUT2D eigenvalue weighted by Gasteiger charge is 2.49. The summed E-state index contributed by atoms with van der Waals surface area (Å²) in [4.78, 5) is 32.3. The van der Waals surface area contributed by atoms with Gasteiger partial charge in [-0.15, -0.1) is 0 Å². The van der Waals surface area contributed by atoms with E-state index < -0.39 is 28.7 Å². The van der Waals surface area contributed by atoms with Crippen molar-refractivity contribution in [3.05, 3.63) is 29.3 Å². The third-order valence-electron chi connectivity index (χ3n) is 7.61. The van der Waals surface area contributed by atoms with Crippen molar-refractivity contribution in [3.63, 3.8) is 0 Å². The molecule has 3 rings (SSSR count). The van der Waals surface area contributed by atoms with Crippen molar-refractivity contribution < 1.29 is 22.8 Å². The van der Waals surface area contributed by atoms with Gasteiger partial charge < -0.3 is 9.80 Å². The number of amides is 2. The zero-order chi connectivity index (χ0) is 28.4. The number of piperazine rings is 1. The number of carbonyl (C=O) groups is 2. The minimum Gasteiger partial charge on any atom is -0.337 e. The summed E-state index contributed by atoms with van der Waals surface area (Å²) in [5.41, 5.74) is -2.57. The molecule has 208 valence electrons. The van der Waals surface area contributed by atoms with Crippen LogP contribution in [0, 0.1) is 11.3 Å². The molecule has 2 heterocycles. The number of halogens is 3. The van der Waals surface area contributed by atoms with E-state index in [9.17, 15) is 22.8 Å². The van der Waals surface area contributed by atoms with Crippen molar-refractivity contribution in [3.8, 4) is 6.07 Å². The molecule has 7 nitrogen and oxygen atoms in total. The van der Waals surface area contributed by atoms with Gasteiger partial charge in [-0.25, -0.2) is 0 Å². The number of thiocarbonyl (C=S) groups is 1. The van der Waals surface area contributed by atoms with E-state index in [1.807, 2.05) is 4.90 Å². The molecule has 1 aromatic rings. The fraction of sp³-hybridized carbons (Fsp3) is 0.630. The average molecular weight is 552 g/mol. The van der Waals surface area contributed by atoms with Crippen molar-refractivity contribution in [1.29, 1.82) is 5.26 Å². The normalized spacial score (nSPS) is 22.2. The van der Waals surface area contributed by atoms with Crippen LogP contribution < -0.4 is 4.90 Å². The van der Waals surface area contributed by atoms with E-state index in [1.54, 1.807) is 31.7 Å². The van der Waals surface area contributed by atoms with Crippen LogP contribution in [0.3, 0.4) is 0 Å². The van der Waals surface area contributed by atoms with Gasteiger partial charge in [0, 0.05) is 38.6 Å². The molecule has 0 radical (unpaired) electrons. The summed E-state index contributed by atoms with van der Waals surface area (Å²) in [6.07, 6.45) is -0.998. The van der Waals surface area contributed by atoms with Crippen LogP contribution in [-0.4, -0.2) is 75.4 Å². The Bertz CT molecular complexity index is 1120. The molecule has 38 heavy (non-hydrogen) atoms. The monoisotopic (exact) mass is 551 g/mol. The van der Waals surface area contributed by atoms with Crippen molar-refractivity contribution in [2.75, 3.05) is 31.1 Å². The summed E-state index contributed by atoms with van der Waals surface area (Å²) in [6.45, 7) is 12.4. The number of nitriles is 1. The topological polar surface area (TPSA) is 70.9 Å². The van der Waals surface area contributed by atoms with Gasteiger partial charge in [0.25, 0.3) is 5.91 Å². The van der Waals surface area contributed by atoms with Gasteiger partial charge in [-0.05, 0) is 77.5 Å². The molecule has 2 aliphatic rings. The molecule has 0 saturated carbocycles. The Balaban J connectivity index is 1.56. The molecule has 2 amide bonds. The van der Waals surface area contributed by atoms with Gasteiger partial charge in [0.1, 0.15) is 5.54 Å². The van der Waals surface area contributed by atoms with E-state index in [-0.39, 0.29) is 22.7 Å². The summed E-state index contributed by atoms with van der Waals surface area (Å²) >= 11 is 5.56. The zero-order valence-corrected chi connectivity index (χ0v) is 23.5. The molecule has 2 atom stereocenters. The Morgan fingerprint density at radius 1 is 1.11 bits per heavy atom. The number of alkyl halides is 3. The second kappa shape index (κ2) is 11.6. The second-order valence-corrected chi connectivity index (χ2v) is 11.1. The summed E-state index contributed by atoms with van der Waals surface area (Å²) in [5, 5.41) is 9.24. The first-order chi connectivity index (χ1) is 17.7. The quantitative estimate of drug-likeness (QED) is 0.342. The van der Waals surface area contributed by atoms with E-state index in [0.717, 1.165) is 62.4 Å². The zero-order valence-electron chi connectivity index (χ0n) is 22.6. The molecular formula is C27H36F3N5O2S. The highest BCUT2D eigenvalue weighted by atomic mass is 32.1. The Kier molecular flexibility index (Phi) is 9.09. The standard InChI is InChI=1S/C27H36F3N5O2S/c1-18-17-33(20(3)36)19(2)16-32(18)12-8-6-7-9-13-34-25(38)35(24(37)26(34,4)5)22-11-10-21(15-31)23(14-22)27(28,29)30/h10-11,14,18-19H,6-9,12-13,16-17H2,1-5H3/t18-,19+/m1/s1. The predicted molar refractivity (Wildman–Crippen MR) is 143 cm³/mol. The lowest BCUT2D eigenvalue weighted by atomic mass is 10.0. The third-order valence-corrected chi connectivity index (χ3v) is 8.01. The highest BCUT2D eigenvalue weighted by molar-refractivity contribution is 7.80. The predicted octanol–water partition coefficient (Wildman–Crippen LogP) is 4.79. The van der Waals surface area contributed by atoms with Gasteiger partial charge in [-0.2, -0.15) is 18.4 Å². The summed E-state index contributed by atoms with van der Waals surface area (Å²) in [7, 11) is 0. The van der Waals surface area contributed by atoms with Crippen molar-refractivity contribution >= 4 is 34.8 Å². The van der Waals surface area contributed by atoms with E-state index >= 15 is 0 Å². The summed E-state index contributed by atoms with van der Waals surface area (Å²) in [6, 6.07) is 5.30. The maximum absolute atomic E-state index is 13.5. The van der Waals surface area contributed by atoms with Crippen LogP contribution in [0.25, 0.3) is 0 Å². The lowest BCUT2D eigenvalue weighted by molar-refractivity contribution is -0.138. The molecule has 1 aromatic carbocycles. The van der Waals surface area contributed by atoms with Crippen LogP contribution in [0.15, 0.2) is 18.2 Å². The van der Waals surface area contributed by atoms with Gasteiger partial charge in [-0.3, -0.25) is 19.4 Å². The van der Waals surface area contributed by atoms with Crippen molar-refractivity contribution in [2.45, 2.75) is 84.1 Å². The number of hydrogen-bond donors (Lipinski definition) is 0. The van der Waals surface area contributed by atoms with Crippen LogP contribution >= 0.6 is 12.2 Å². The molecule has 11 heteroatoms. The Labute approximate surface area is 228 Å². The van der Waals surface area contributed by atoms with E-state index in [4.69, 9.17) is 17.5 Å². The average Bonchev–Trinajstić information content (AvgIpc) is 3.00. The summed E-state index contributed by atoms with van der Waals surface area (Å²) in [5.74, 6) is -0.281. The molecule has 0 bridgehead atoms. The molecule has 0 N–H and O–H groups in total. The van der Waals surface area contributed by atoms with Crippen LogP contribution in [0.1, 0.15) is 71.4 Å². The van der Waals surface area contributed by atoms with Gasteiger partial charge in [0.2, 0.25) is 5.91 Å². The number of nitrogens with zero attached hydrogens (tertiary/aromatic N) is 5. The van der Waals surface area contributed by atoms with Crippen LogP contribution in [0.2, 0.25) is 0 Å². The van der Waals surface area contributed by atoms with Crippen LogP contribution in [0.4, 0.5) is 18.9 Å². The number of carbonyl (C=O) groups excluding carboxylic acids is 2. The van der Waals surface area contributed by atoms with Crippen molar-refractivity contribution in [2.24, 2.45) is 0 Å². The first-order valence-corrected chi connectivity index (χ1v) is 13.4. The second-order valence-electron chi connectivity index (χ2n) is 10.8. The number of unbranched alkanes of at least 4 members (excludes halogenated alkanes) is 3. The van der Waals surface area contributed by atoms with Crippen LogP contribution in [0.5, 0.6) is 0 Å². The first-order valence-electron chi connectivity index (χ1n) is 13.0. The van der Waals surface area contributed by atoms with Gasteiger partial charge >= 0.3 is 6.18 Å². The third kappa shape index (κ3) is 6.12. The van der Waals surface area contributed by atoms with Crippen LogP contribution in [-0.2, 0) is 15.8 Å². The molecule has 2 fully saturated rings. The SMILES string of the molecule is CC(=O)N1C[C@@H](C)N(CCCCCCN2C(=S)N(c3ccc(C#N)c(C(F)(F)F)c3)C(=O)C2(C)C)C[C@@H]1C. The fourth-order valence-corrected chi connectivity index (χ4v) is 5.84. The summed E-state index contributed by atoms with van der Waals surface area (Å²) < 4.78 is 40.5. The Hall–Kier alpha value is -2.71. The molecular weight excluding hydrogens is 515 g/mol. The van der Waals surface area contributed by atoms with Gasteiger partial charge in [0.15, 0.2) is 5.11 Å². The smallest absolute Gasteiger partial charge is 0.337 e. The highest BCUT2D eigenvalue weighted by Crippen LogP contribution is 2.38. The Morgan fingerprint density at radius 2 is 1.74 bits per heavy atom. The van der Waals surface area contributed by atoms with E-state index in [0.29, 0.717) is 12.6 Å². The minimum atomic E-state index is -4.72. The maximum Gasteiger partial charge on any atom is 0.417 e. The number of hydrogen-bond acceptors (Lipinski definition) is 5. The molecule has 0 spiro atoms. The number of rotatable bonds is 8. The Morgan fingerprint density at radius 3 is 2.32 bits per heavy atom. The molecule has 0 unspecified atom stereocenters. The largest absolute Gasteiger partial charge is 0.417 e. The van der Waals surface area contributed by atoms with Gasteiger partial charge in [0.05, 0.1) is 22.9 Å². The van der Waals surface area contributed by atoms with E-state index in [2.05, 4.69) is 18.7 Å².